The Hall–Kier alpha value is -2.76. The minimum Gasteiger partial charge on any atom is -0.258 e. The van der Waals surface area contributed by atoms with Gasteiger partial charge in [0, 0.05) is 30.2 Å². The van der Waals surface area contributed by atoms with E-state index in [0.29, 0.717) is 17.5 Å². The second-order valence-electron chi connectivity index (χ2n) is 4.43. The van der Waals surface area contributed by atoms with E-state index in [1.165, 1.54) is 18.2 Å². The van der Waals surface area contributed by atoms with Crippen molar-refractivity contribution >= 4 is 11.4 Å². The third-order valence-electron chi connectivity index (χ3n) is 3.08. The van der Waals surface area contributed by atoms with Crippen LogP contribution >= 0.6 is 0 Å². The molecule has 102 valence electrons. The Bertz CT molecular complexity index is 683. The van der Waals surface area contributed by atoms with E-state index < -0.39 is 9.85 Å². The molecular formula is C14H12N2O4. The summed E-state index contributed by atoms with van der Waals surface area (Å²) >= 11 is 0. The molecule has 0 bridgehead atoms. The molecule has 0 saturated heterocycles. The number of hydrogen-bond donors (Lipinski definition) is 0. The van der Waals surface area contributed by atoms with Gasteiger partial charge in [0.1, 0.15) is 0 Å². The zero-order chi connectivity index (χ0) is 14.7. The summed E-state index contributed by atoms with van der Waals surface area (Å²) in [6.07, 6.45) is 0.296. The number of rotatable bonds is 4. The smallest absolute Gasteiger partial charge is 0.258 e. The largest absolute Gasteiger partial charge is 0.273 e. The molecule has 0 atom stereocenters. The van der Waals surface area contributed by atoms with E-state index in [0.717, 1.165) is 5.56 Å². The summed E-state index contributed by atoms with van der Waals surface area (Å²) in [5, 5.41) is 21.8. The van der Waals surface area contributed by atoms with Crippen molar-refractivity contribution in [1.82, 2.24) is 0 Å². The number of nitrogens with zero attached hydrogens (tertiary/aromatic N) is 2. The zero-order valence-electron chi connectivity index (χ0n) is 10.8. The highest BCUT2D eigenvalue weighted by Crippen LogP contribution is 2.26. The van der Waals surface area contributed by atoms with Crippen LogP contribution in [0.4, 0.5) is 11.4 Å². The van der Waals surface area contributed by atoms with E-state index in [1.807, 2.05) is 0 Å². The molecule has 0 radical (unpaired) electrons. The van der Waals surface area contributed by atoms with Gasteiger partial charge in [-0.3, -0.25) is 20.2 Å². The Balaban J connectivity index is 2.42. The molecule has 0 N–H and O–H groups in total. The van der Waals surface area contributed by atoms with Crippen LogP contribution in [-0.2, 0) is 6.42 Å². The van der Waals surface area contributed by atoms with Crippen LogP contribution in [0.15, 0.2) is 42.5 Å². The predicted octanol–water partition coefficient (Wildman–Crippen LogP) is 3.40. The molecule has 20 heavy (non-hydrogen) atoms. The molecule has 0 unspecified atom stereocenters. The summed E-state index contributed by atoms with van der Waals surface area (Å²) in [5.41, 5.74) is 2.08. The SMILES string of the molecule is Cc1cccc([N+](=O)[O-])c1Cc1cccc([N+](=O)[O-])c1. The highest BCUT2D eigenvalue weighted by molar-refractivity contribution is 5.48. The third-order valence-corrected chi connectivity index (χ3v) is 3.08. The van der Waals surface area contributed by atoms with Gasteiger partial charge in [0.15, 0.2) is 0 Å². The van der Waals surface area contributed by atoms with Gasteiger partial charge in [-0.1, -0.05) is 24.3 Å². The van der Waals surface area contributed by atoms with Crippen molar-refractivity contribution in [2.24, 2.45) is 0 Å². The molecule has 6 nitrogen and oxygen atoms in total. The van der Waals surface area contributed by atoms with Crippen LogP contribution in [0.25, 0.3) is 0 Å². The number of non-ortho nitro benzene ring substituents is 1. The number of benzene rings is 2. The Morgan fingerprint density at radius 3 is 2.35 bits per heavy atom. The minimum absolute atomic E-state index is 0.0151. The van der Waals surface area contributed by atoms with Crippen LogP contribution in [0.1, 0.15) is 16.7 Å². The van der Waals surface area contributed by atoms with E-state index in [2.05, 4.69) is 0 Å². The normalized spacial score (nSPS) is 10.2. The van der Waals surface area contributed by atoms with Crippen molar-refractivity contribution in [3.8, 4) is 0 Å². The van der Waals surface area contributed by atoms with E-state index in [1.54, 1.807) is 31.2 Å². The van der Waals surface area contributed by atoms with Crippen molar-refractivity contribution in [3.63, 3.8) is 0 Å². The second-order valence-corrected chi connectivity index (χ2v) is 4.43. The van der Waals surface area contributed by atoms with Gasteiger partial charge in [0.05, 0.1) is 9.85 Å². The van der Waals surface area contributed by atoms with Gasteiger partial charge in [-0.25, -0.2) is 0 Å². The first-order valence-corrected chi connectivity index (χ1v) is 5.95. The fourth-order valence-corrected chi connectivity index (χ4v) is 2.07. The van der Waals surface area contributed by atoms with Crippen molar-refractivity contribution in [2.75, 3.05) is 0 Å². The Morgan fingerprint density at radius 2 is 1.70 bits per heavy atom. The van der Waals surface area contributed by atoms with Crippen LogP contribution < -0.4 is 0 Å². The molecule has 0 aliphatic heterocycles. The van der Waals surface area contributed by atoms with Crippen molar-refractivity contribution in [2.45, 2.75) is 13.3 Å². The topological polar surface area (TPSA) is 86.3 Å². The Labute approximate surface area is 115 Å². The summed E-state index contributed by atoms with van der Waals surface area (Å²) in [4.78, 5) is 20.9. The highest BCUT2D eigenvalue weighted by Gasteiger charge is 2.16. The standard InChI is InChI=1S/C14H12N2O4/c1-10-4-2-7-14(16(19)20)13(10)9-11-5-3-6-12(8-11)15(17)18/h2-8H,9H2,1H3. The first-order valence-electron chi connectivity index (χ1n) is 5.95. The van der Waals surface area contributed by atoms with Crippen LogP contribution in [0.2, 0.25) is 0 Å². The lowest BCUT2D eigenvalue weighted by atomic mass is 9.98. The van der Waals surface area contributed by atoms with Crippen LogP contribution in [0.3, 0.4) is 0 Å². The summed E-state index contributed by atoms with van der Waals surface area (Å²) in [6.45, 7) is 1.79. The molecule has 6 heteroatoms. The van der Waals surface area contributed by atoms with Gasteiger partial charge >= 0.3 is 0 Å². The summed E-state index contributed by atoms with van der Waals surface area (Å²) < 4.78 is 0. The molecule has 2 rings (SSSR count). The summed E-state index contributed by atoms with van der Waals surface area (Å²) in [7, 11) is 0. The molecule has 0 heterocycles. The molecule has 0 spiro atoms. The number of hydrogen-bond acceptors (Lipinski definition) is 4. The average Bonchev–Trinajstić information content (AvgIpc) is 2.41. The van der Waals surface area contributed by atoms with Crippen LogP contribution in [-0.4, -0.2) is 9.85 Å². The van der Waals surface area contributed by atoms with Crippen molar-refractivity contribution in [3.05, 3.63) is 79.4 Å². The molecule has 0 amide bonds. The Kier molecular flexibility index (Phi) is 3.74. The van der Waals surface area contributed by atoms with E-state index in [9.17, 15) is 20.2 Å². The van der Waals surface area contributed by atoms with Gasteiger partial charge in [0.2, 0.25) is 0 Å². The Morgan fingerprint density at radius 1 is 1.00 bits per heavy atom. The predicted molar refractivity (Wildman–Crippen MR) is 73.7 cm³/mol. The number of nitro benzene ring substituents is 2. The van der Waals surface area contributed by atoms with E-state index >= 15 is 0 Å². The van der Waals surface area contributed by atoms with Gasteiger partial charge in [-0.15, -0.1) is 0 Å². The van der Waals surface area contributed by atoms with Gasteiger partial charge in [-0.05, 0) is 18.1 Å². The van der Waals surface area contributed by atoms with Gasteiger partial charge < -0.3 is 0 Å². The van der Waals surface area contributed by atoms with Crippen LogP contribution in [0.5, 0.6) is 0 Å². The maximum atomic E-state index is 11.0. The molecule has 0 saturated carbocycles. The fourth-order valence-electron chi connectivity index (χ4n) is 2.07. The fraction of sp³-hybridized carbons (Fsp3) is 0.143. The first-order chi connectivity index (χ1) is 9.49. The summed E-state index contributed by atoms with van der Waals surface area (Å²) in [6, 6.07) is 11.0. The van der Waals surface area contributed by atoms with E-state index in [-0.39, 0.29) is 11.4 Å². The molecule has 2 aromatic rings. The van der Waals surface area contributed by atoms with Crippen molar-refractivity contribution in [1.29, 1.82) is 0 Å². The minimum atomic E-state index is -0.476. The van der Waals surface area contributed by atoms with Gasteiger partial charge in [-0.2, -0.15) is 0 Å². The monoisotopic (exact) mass is 272 g/mol. The molecule has 0 fully saturated rings. The zero-order valence-corrected chi connectivity index (χ0v) is 10.8. The van der Waals surface area contributed by atoms with Crippen molar-refractivity contribution < 1.29 is 9.85 Å². The highest BCUT2D eigenvalue weighted by atomic mass is 16.6. The number of nitro groups is 2. The maximum absolute atomic E-state index is 11.0. The van der Waals surface area contributed by atoms with Crippen LogP contribution in [0, 0.1) is 27.2 Å². The average molecular weight is 272 g/mol. The lowest BCUT2D eigenvalue weighted by Crippen LogP contribution is -1.99. The quantitative estimate of drug-likeness (QED) is 0.630. The second kappa shape index (κ2) is 5.48. The number of aryl methyl sites for hydroxylation is 1. The lowest BCUT2D eigenvalue weighted by Gasteiger charge is -2.06. The summed E-state index contributed by atoms with van der Waals surface area (Å²) in [5.74, 6) is 0. The third kappa shape index (κ3) is 2.80. The first kappa shape index (κ1) is 13.7. The van der Waals surface area contributed by atoms with Gasteiger partial charge in [0.25, 0.3) is 11.4 Å². The van der Waals surface area contributed by atoms with E-state index in [4.69, 9.17) is 0 Å². The molecular weight excluding hydrogens is 260 g/mol. The molecule has 2 aromatic carbocycles. The molecule has 0 aromatic heterocycles. The molecule has 0 aliphatic rings. The molecule has 0 aliphatic carbocycles. The maximum Gasteiger partial charge on any atom is 0.273 e. The lowest BCUT2D eigenvalue weighted by molar-refractivity contribution is -0.385.